The summed E-state index contributed by atoms with van der Waals surface area (Å²) in [4.78, 5) is 15.0. The summed E-state index contributed by atoms with van der Waals surface area (Å²) in [7, 11) is 0. The van der Waals surface area contributed by atoms with Crippen LogP contribution in [0.1, 0.15) is 47.6 Å². The second kappa shape index (κ2) is 8.64. The zero-order valence-electron chi connectivity index (χ0n) is 16.6. The van der Waals surface area contributed by atoms with Crippen LogP contribution in [0.2, 0.25) is 0 Å². The summed E-state index contributed by atoms with van der Waals surface area (Å²) in [6.07, 6.45) is 1.92. The van der Waals surface area contributed by atoms with E-state index in [0.29, 0.717) is 17.1 Å². The lowest BCUT2D eigenvalue weighted by molar-refractivity contribution is 0.0232. The smallest absolute Gasteiger partial charge is 0.338 e. The van der Waals surface area contributed by atoms with Gasteiger partial charge in [0.2, 0.25) is 0 Å². The van der Waals surface area contributed by atoms with Gasteiger partial charge in [-0.25, -0.2) is 9.47 Å². The minimum Gasteiger partial charge on any atom is -0.772 e. The molecular weight excluding hydrogens is 470 g/mol. The molecule has 3 atom stereocenters. The number of carbonyl (C=O) groups excluding carboxylic acids is 1. The van der Waals surface area contributed by atoms with Crippen molar-refractivity contribution in [2.45, 2.75) is 36.6 Å². The van der Waals surface area contributed by atoms with Crippen LogP contribution in [-0.4, -0.2) is 53.3 Å². The zero-order chi connectivity index (χ0) is 21.3. The number of ether oxygens (including phenoxy) is 1. The van der Waals surface area contributed by atoms with E-state index in [1.54, 1.807) is 28.9 Å². The number of rotatable bonds is 5. The summed E-state index contributed by atoms with van der Waals surface area (Å²) in [5, 5.41) is 4.84. The maximum absolute atomic E-state index is 12.9. The van der Waals surface area contributed by atoms with E-state index in [1.165, 1.54) is 0 Å². The number of aromatic nitrogens is 1. The first-order valence-electron chi connectivity index (χ1n) is 9.99. The van der Waals surface area contributed by atoms with Crippen LogP contribution in [0, 0.1) is 0 Å². The summed E-state index contributed by atoms with van der Waals surface area (Å²) < 4.78 is 30.3. The number of alkyl halides is 1. The van der Waals surface area contributed by atoms with Crippen molar-refractivity contribution < 1.29 is 18.3 Å². The number of hydrogen-bond acceptors (Lipinski definition) is 6. The minimum absolute atomic E-state index is 0.262. The zero-order valence-corrected chi connectivity index (χ0v) is 19.0. The van der Waals surface area contributed by atoms with Gasteiger partial charge in [0.15, 0.2) is 6.10 Å². The van der Waals surface area contributed by atoms with Crippen LogP contribution >= 0.6 is 15.9 Å². The molecule has 160 valence electrons. The van der Waals surface area contributed by atoms with Crippen LogP contribution in [-0.2, 0) is 22.2 Å². The molecule has 0 amide bonds. The van der Waals surface area contributed by atoms with Gasteiger partial charge in [-0.1, -0.05) is 52.1 Å². The van der Waals surface area contributed by atoms with Crippen LogP contribution in [0.25, 0.3) is 0 Å². The first-order chi connectivity index (χ1) is 14.4. The number of halogens is 1. The fourth-order valence-corrected chi connectivity index (χ4v) is 5.92. The maximum atomic E-state index is 12.9. The Bertz CT molecular complexity index is 987. The van der Waals surface area contributed by atoms with E-state index in [4.69, 9.17) is 9.84 Å². The van der Waals surface area contributed by atoms with Crippen LogP contribution in [0.5, 0.6) is 0 Å². The average Bonchev–Trinajstić information content (AvgIpc) is 3.39. The quantitative estimate of drug-likeness (QED) is 0.363. The monoisotopic (exact) mass is 492 g/mol. The highest BCUT2D eigenvalue weighted by atomic mass is 79.9. The molecule has 0 N–H and O–H groups in total. The fraction of sp³-hybridized carbons (Fsp3) is 0.429. The molecular formula is C21H23BrN3O4S-. The molecule has 0 radical (unpaired) electrons. The molecule has 0 aliphatic carbocycles. The normalized spacial score (nSPS) is 24.3. The summed E-state index contributed by atoms with van der Waals surface area (Å²) >= 11 is 1.31. The van der Waals surface area contributed by atoms with Crippen molar-refractivity contribution in [1.82, 2.24) is 9.58 Å². The van der Waals surface area contributed by atoms with E-state index < -0.39 is 27.5 Å². The topological polar surface area (TPSA) is 87.0 Å². The second-order valence-electron chi connectivity index (χ2n) is 7.49. The lowest BCUT2D eigenvalue weighted by Crippen LogP contribution is -2.54. The van der Waals surface area contributed by atoms with Crippen LogP contribution in [0.4, 0.5) is 0 Å². The predicted octanol–water partition coefficient (Wildman–Crippen LogP) is 3.23. The Hall–Kier alpha value is -1.97. The van der Waals surface area contributed by atoms with Crippen molar-refractivity contribution in [3.05, 3.63) is 59.4 Å². The number of carbonyl (C=O) groups is 1. The second-order valence-corrected chi connectivity index (χ2v) is 9.81. The summed E-state index contributed by atoms with van der Waals surface area (Å²) in [5.74, 6) is -0.176. The molecule has 4 rings (SSSR count). The van der Waals surface area contributed by atoms with Gasteiger partial charge in [-0.2, -0.15) is 5.10 Å². The molecule has 1 aromatic heterocycles. The van der Waals surface area contributed by atoms with Crippen molar-refractivity contribution in [2.24, 2.45) is 5.10 Å². The van der Waals surface area contributed by atoms with Crippen molar-refractivity contribution >= 4 is 38.8 Å². The molecule has 7 nitrogen and oxygen atoms in total. The van der Waals surface area contributed by atoms with Gasteiger partial charge >= 0.3 is 5.97 Å². The molecule has 30 heavy (non-hydrogen) atoms. The molecule has 2 aromatic rings. The number of nitrogens with zero attached hydrogens (tertiary/aromatic N) is 3. The summed E-state index contributed by atoms with van der Waals surface area (Å²) in [6, 6.07) is 12.5. The van der Waals surface area contributed by atoms with Crippen LogP contribution in [0.15, 0.2) is 47.6 Å². The molecule has 1 fully saturated rings. The third-order valence-electron chi connectivity index (χ3n) is 5.54. The van der Waals surface area contributed by atoms with Gasteiger partial charge in [0.1, 0.15) is 10.2 Å². The molecule has 3 heterocycles. The third kappa shape index (κ3) is 3.86. The highest BCUT2D eigenvalue weighted by molar-refractivity contribution is 9.10. The minimum atomic E-state index is -2.38. The van der Waals surface area contributed by atoms with Gasteiger partial charge in [0.05, 0.1) is 11.3 Å². The molecule has 2 aliphatic heterocycles. The predicted molar refractivity (Wildman–Crippen MR) is 117 cm³/mol. The van der Waals surface area contributed by atoms with Crippen molar-refractivity contribution in [3.63, 3.8) is 0 Å². The molecule has 0 bridgehead atoms. The first-order valence-corrected chi connectivity index (χ1v) is 12.0. The van der Waals surface area contributed by atoms with Crippen LogP contribution in [0.3, 0.4) is 0 Å². The van der Waals surface area contributed by atoms with E-state index in [9.17, 15) is 13.6 Å². The molecule has 1 aromatic carbocycles. The standard InChI is InChI=1S/C21H24BrN3O4S/c1-2-16-10-11-17-18(29-19(26)15-8-4-3-5-9-15)21(22,14-30(27)28)20(23-25(16)17)24-12-6-7-13-24/h3-5,8-11,18H,2,6-7,12-14H2,1H3,(H,27,28)/p-1. The maximum Gasteiger partial charge on any atom is 0.338 e. The van der Waals surface area contributed by atoms with E-state index in [2.05, 4.69) is 20.8 Å². The summed E-state index contributed by atoms with van der Waals surface area (Å²) in [6.45, 7) is 3.60. The van der Waals surface area contributed by atoms with Gasteiger partial charge < -0.3 is 14.2 Å². The van der Waals surface area contributed by atoms with E-state index in [-0.39, 0.29) is 5.75 Å². The Morgan fingerprint density at radius 2 is 1.97 bits per heavy atom. The Labute approximate surface area is 186 Å². The molecule has 2 aliphatic rings. The van der Waals surface area contributed by atoms with Gasteiger partial charge in [-0.3, -0.25) is 4.21 Å². The number of hydrogen-bond donors (Lipinski definition) is 0. The number of amidine groups is 1. The number of aryl methyl sites for hydroxylation is 1. The van der Waals surface area contributed by atoms with E-state index >= 15 is 0 Å². The van der Waals surface area contributed by atoms with Crippen molar-refractivity contribution in [2.75, 3.05) is 18.8 Å². The number of likely N-dealkylation sites (tertiary alicyclic amines) is 1. The lowest BCUT2D eigenvalue weighted by atomic mass is 9.97. The van der Waals surface area contributed by atoms with Gasteiger partial charge in [0, 0.05) is 24.5 Å². The number of fused-ring (bicyclic) bond motifs is 1. The van der Waals surface area contributed by atoms with E-state index in [0.717, 1.165) is 38.0 Å². The van der Waals surface area contributed by atoms with Gasteiger partial charge in [-0.05, 0) is 43.5 Å². The number of benzene rings is 1. The number of esters is 1. The highest BCUT2D eigenvalue weighted by Crippen LogP contribution is 2.44. The Balaban J connectivity index is 1.82. The fourth-order valence-electron chi connectivity index (χ4n) is 4.08. The Morgan fingerprint density at radius 3 is 2.60 bits per heavy atom. The third-order valence-corrected chi connectivity index (χ3v) is 7.66. The Kier molecular flexibility index (Phi) is 6.13. The lowest BCUT2D eigenvalue weighted by Gasteiger charge is -2.42. The molecule has 9 heteroatoms. The van der Waals surface area contributed by atoms with Gasteiger partial charge in [-0.15, -0.1) is 0 Å². The SMILES string of the molecule is CCc1ccc2n1N=C(N1CCCC1)C(Br)(CS(=O)[O-])C2OC(=O)c1ccccc1. The summed E-state index contributed by atoms with van der Waals surface area (Å²) in [5.41, 5.74) is 2.04. The molecule has 0 saturated carbocycles. The van der Waals surface area contributed by atoms with E-state index in [1.807, 2.05) is 25.1 Å². The first kappa shape index (κ1) is 21.3. The largest absolute Gasteiger partial charge is 0.772 e. The van der Waals surface area contributed by atoms with Crippen molar-refractivity contribution in [1.29, 1.82) is 0 Å². The Morgan fingerprint density at radius 1 is 1.27 bits per heavy atom. The molecule has 3 unspecified atom stereocenters. The van der Waals surface area contributed by atoms with Gasteiger partial charge in [0.25, 0.3) is 0 Å². The molecule has 0 spiro atoms. The average molecular weight is 493 g/mol. The van der Waals surface area contributed by atoms with Crippen LogP contribution < -0.4 is 0 Å². The highest BCUT2D eigenvalue weighted by Gasteiger charge is 2.51. The molecule has 1 saturated heterocycles. The van der Waals surface area contributed by atoms with Crippen molar-refractivity contribution in [3.8, 4) is 0 Å².